The molecular formula is C17H20N4O3S. The Morgan fingerprint density at radius 1 is 1.36 bits per heavy atom. The maximum absolute atomic E-state index is 12.9. The van der Waals surface area contributed by atoms with Crippen molar-refractivity contribution in [1.82, 2.24) is 15.3 Å². The summed E-state index contributed by atoms with van der Waals surface area (Å²) in [6.45, 7) is 5.33. The van der Waals surface area contributed by atoms with E-state index < -0.39 is 11.6 Å². The van der Waals surface area contributed by atoms with Crippen LogP contribution in [0.15, 0.2) is 24.3 Å². The first-order chi connectivity index (χ1) is 11.8. The molecule has 1 aromatic rings. The van der Waals surface area contributed by atoms with Gasteiger partial charge in [0.15, 0.2) is 5.11 Å². The number of benzene rings is 1. The van der Waals surface area contributed by atoms with E-state index in [1.807, 2.05) is 31.2 Å². The molecule has 1 unspecified atom stereocenters. The second kappa shape index (κ2) is 6.20. The number of aryl methyl sites for hydroxylation is 1. The molecule has 8 heteroatoms. The maximum atomic E-state index is 12.9. The number of amides is 3. The summed E-state index contributed by atoms with van der Waals surface area (Å²) in [6, 6.07) is 6.72. The van der Waals surface area contributed by atoms with Crippen molar-refractivity contribution in [3.05, 3.63) is 29.8 Å². The standard InChI is InChI=1S/C17H20N4O3S/c1-4-10-7-5-6-8-11(10)18-14(23)12-9-13(22)20-16(25)19-15(24)17(2,3)21(12)20/h5-8,12H,4,9H2,1-3H3,(H,18,23)(H,19,24,25). The van der Waals surface area contributed by atoms with Gasteiger partial charge in [-0.2, -0.15) is 5.01 Å². The van der Waals surface area contributed by atoms with Crippen LogP contribution in [-0.2, 0) is 20.8 Å². The topological polar surface area (TPSA) is 81.8 Å². The number of hydrazine groups is 1. The molecule has 0 aliphatic carbocycles. The van der Waals surface area contributed by atoms with Gasteiger partial charge in [0, 0.05) is 5.69 Å². The first-order valence-electron chi connectivity index (χ1n) is 8.13. The molecule has 3 amide bonds. The van der Waals surface area contributed by atoms with E-state index in [-0.39, 0.29) is 29.3 Å². The smallest absolute Gasteiger partial charge is 0.248 e. The molecule has 0 radical (unpaired) electrons. The number of hydrogen-bond donors (Lipinski definition) is 2. The van der Waals surface area contributed by atoms with Crippen LogP contribution in [0.25, 0.3) is 0 Å². The number of para-hydroxylation sites is 1. The summed E-state index contributed by atoms with van der Waals surface area (Å²) in [5.41, 5.74) is 0.645. The summed E-state index contributed by atoms with van der Waals surface area (Å²) >= 11 is 5.11. The van der Waals surface area contributed by atoms with Crippen molar-refractivity contribution in [1.29, 1.82) is 0 Å². The zero-order chi connectivity index (χ0) is 18.4. The predicted octanol–water partition coefficient (Wildman–Crippen LogP) is 1.20. The summed E-state index contributed by atoms with van der Waals surface area (Å²) in [7, 11) is 0. The van der Waals surface area contributed by atoms with Crippen molar-refractivity contribution in [3.8, 4) is 0 Å². The number of nitrogens with one attached hydrogen (secondary N) is 2. The molecule has 0 bridgehead atoms. The lowest BCUT2D eigenvalue weighted by atomic mass is 10.00. The second-order valence-corrected chi connectivity index (χ2v) is 6.97. The van der Waals surface area contributed by atoms with Gasteiger partial charge in [-0.05, 0) is 44.1 Å². The number of nitrogens with zero attached hydrogens (tertiary/aromatic N) is 2. The van der Waals surface area contributed by atoms with Gasteiger partial charge in [0.05, 0.1) is 6.42 Å². The van der Waals surface area contributed by atoms with Gasteiger partial charge in [0.1, 0.15) is 11.6 Å². The lowest BCUT2D eigenvalue weighted by Gasteiger charge is -2.45. The fourth-order valence-electron chi connectivity index (χ4n) is 3.23. The number of carbonyl (C=O) groups excluding carboxylic acids is 3. The summed E-state index contributed by atoms with van der Waals surface area (Å²) in [5.74, 6) is -0.973. The van der Waals surface area contributed by atoms with Gasteiger partial charge in [-0.1, -0.05) is 25.1 Å². The normalized spacial score (nSPS) is 22.6. The van der Waals surface area contributed by atoms with Crippen LogP contribution in [0, 0.1) is 0 Å². The fraction of sp³-hybridized carbons (Fsp3) is 0.412. The maximum Gasteiger partial charge on any atom is 0.248 e. The Balaban J connectivity index is 1.91. The van der Waals surface area contributed by atoms with E-state index in [9.17, 15) is 14.4 Å². The van der Waals surface area contributed by atoms with Crippen molar-refractivity contribution >= 4 is 40.7 Å². The van der Waals surface area contributed by atoms with Gasteiger partial charge >= 0.3 is 0 Å². The van der Waals surface area contributed by atoms with Crippen molar-refractivity contribution in [3.63, 3.8) is 0 Å². The minimum Gasteiger partial charge on any atom is -0.324 e. The number of anilines is 1. The van der Waals surface area contributed by atoms with E-state index >= 15 is 0 Å². The Morgan fingerprint density at radius 2 is 2.04 bits per heavy atom. The second-order valence-electron chi connectivity index (χ2n) is 6.59. The Labute approximate surface area is 151 Å². The third kappa shape index (κ3) is 2.81. The Kier molecular flexibility index (Phi) is 4.34. The molecule has 2 N–H and O–H groups in total. The van der Waals surface area contributed by atoms with E-state index in [1.165, 1.54) is 10.0 Å². The van der Waals surface area contributed by atoms with Gasteiger partial charge < -0.3 is 5.32 Å². The minimum atomic E-state index is -1.07. The fourth-order valence-corrected chi connectivity index (χ4v) is 3.51. The van der Waals surface area contributed by atoms with Crippen LogP contribution in [0.4, 0.5) is 5.69 Å². The summed E-state index contributed by atoms with van der Waals surface area (Å²) in [4.78, 5) is 37.5. The number of fused-ring (bicyclic) bond motifs is 1. The lowest BCUT2D eigenvalue weighted by molar-refractivity contribution is -0.154. The molecule has 25 heavy (non-hydrogen) atoms. The quantitative estimate of drug-likeness (QED) is 0.792. The van der Waals surface area contributed by atoms with Crippen LogP contribution in [-0.4, -0.2) is 44.4 Å². The molecule has 132 valence electrons. The number of rotatable bonds is 3. The summed E-state index contributed by atoms with van der Waals surface area (Å²) in [5, 5.41) is 8.14. The van der Waals surface area contributed by atoms with Gasteiger partial charge in [0.2, 0.25) is 17.7 Å². The summed E-state index contributed by atoms with van der Waals surface area (Å²) < 4.78 is 0. The SMILES string of the molecule is CCc1ccccc1NC(=O)C1CC(=O)N2C(=S)NC(=O)C(C)(C)N12. The van der Waals surface area contributed by atoms with Crippen LogP contribution in [0.5, 0.6) is 0 Å². The van der Waals surface area contributed by atoms with E-state index in [1.54, 1.807) is 13.8 Å². The third-order valence-electron chi connectivity index (χ3n) is 4.61. The average Bonchev–Trinajstić information content (AvgIpc) is 2.92. The van der Waals surface area contributed by atoms with Gasteiger partial charge in [0.25, 0.3) is 0 Å². The molecule has 0 spiro atoms. The van der Waals surface area contributed by atoms with Crippen LogP contribution >= 0.6 is 12.2 Å². The highest BCUT2D eigenvalue weighted by molar-refractivity contribution is 7.80. The van der Waals surface area contributed by atoms with Crippen LogP contribution in [0.3, 0.4) is 0 Å². The van der Waals surface area contributed by atoms with Crippen molar-refractivity contribution in [2.75, 3.05) is 5.32 Å². The van der Waals surface area contributed by atoms with Crippen molar-refractivity contribution in [2.45, 2.75) is 45.2 Å². The van der Waals surface area contributed by atoms with Crippen molar-refractivity contribution in [2.24, 2.45) is 0 Å². The van der Waals surface area contributed by atoms with Gasteiger partial charge in [-0.25, -0.2) is 5.01 Å². The lowest BCUT2D eigenvalue weighted by Crippen LogP contribution is -2.71. The largest absolute Gasteiger partial charge is 0.324 e. The molecule has 1 atom stereocenters. The highest BCUT2D eigenvalue weighted by Gasteiger charge is 2.56. The van der Waals surface area contributed by atoms with E-state index in [4.69, 9.17) is 12.2 Å². The molecule has 2 fully saturated rings. The molecule has 2 aliphatic rings. The Morgan fingerprint density at radius 3 is 2.72 bits per heavy atom. The van der Waals surface area contributed by atoms with E-state index in [0.717, 1.165) is 12.0 Å². The zero-order valence-corrected chi connectivity index (χ0v) is 15.1. The van der Waals surface area contributed by atoms with E-state index in [2.05, 4.69) is 10.6 Å². The highest BCUT2D eigenvalue weighted by atomic mass is 32.1. The van der Waals surface area contributed by atoms with Gasteiger partial charge in [-0.3, -0.25) is 19.7 Å². The molecule has 2 heterocycles. The molecular weight excluding hydrogens is 340 g/mol. The monoisotopic (exact) mass is 360 g/mol. The molecule has 0 saturated carbocycles. The number of thiocarbonyl (C=S) groups is 1. The molecule has 3 rings (SSSR count). The molecule has 2 aliphatic heterocycles. The molecule has 2 saturated heterocycles. The van der Waals surface area contributed by atoms with Crippen LogP contribution in [0.2, 0.25) is 0 Å². The Hall–Kier alpha value is -2.32. The number of carbonyl (C=O) groups is 3. The average molecular weight is 360 g/mol. The highest BCUT2D eigenvalue weighted by Crippen LogP contribution is 2.33. The van der Waals surface area contributed by atoms with Crippen LogP contribution in [0.1, 0.15) is 32.8 Å². The Bertz CT molecular complexity index is 777. The summed E-state index contributed by atoms with van der Waals surface area (Å²) in [6.07, 6.45) is 0.743. The number of hydrogen-bond acceptors (Lipinski definition) is 5. The van der Waals surface area contributed by atoms with Gasteiger partial charge in [-0.15, -0.1) is 0 Å². The minimum absolute atomic E-state index is 0.0126. The van der Waals surface area contributed by atoms with Crippen molar-refractivity contribution < 1.29 is 14.4 Å². The van der Waals surface area contributed by atoms with Crippen LogP contribution < -0.4 is 10.6 Å². The zero-order valence-electron chi connectivity index (χ0n) is 14.3. The molecule has 7 nitrogen and oxygen atoms in total. The van der Waals surface area contributed by atoms with E-state index in [0.29, 0.717) is 5.69 Å². The third-order valence-corrected chi connectivity index (χ3v) is 4.89. The molecule has 0 aromatic heterocycles. The molecule has 1 aromatic carbocycles. The first kappa shape index (κ1) is 17.5. The first-order valence-corrected chi connectivity index (χ1v) is 8.54. The predicted molar refractivity (Wildman–Crippen MR) is 96.4 cm³/mol.